The molecule has 1 saturated heterocycles. The predicted molar refractivity (Wildman–Crippen MR) is 154 cm³/mol. The van der Waals surface area contributed by atoms with Crippen molar-refractivity contribution in [2.75, 3.05) is 37.4 Å². The summed E-state index contributed by atoms with van der Waals surface area (Å²) in [5.74, 6) is -0.994. The average molecular weight is 572 g/mol. The molecule has 1 aliphatic rings. The van der Waals surface area contributed by atoms with Gasteiger partial charge < -0.3 is 15.0 Å². The van der Waals surface area contributed by atoms with Gasteiger partial charge in [-0.15, -0.1) is 5.10 Å². The highest BCUT2D eigenvalue weighted by molar-refractivity contribution is 6.09. The molecule has 0 unspecified atom stereocenters. The van der Waals surface area contributed by atoms with Crippen molar-refractivity contribution in [3.05, 3.63) is 72.2 Å². The molecule has 6 rings (SSSR count). The topological polar surface area (TPSA) is 114 Å². The van der Waals surface area contributed by atoms with Gasteiger partial charge in [-0.3, -0.25) is 9.69 Å². The number of amides is 1. The fourth-order valence-electron chi connectivity index (χ4n) is 4.83. The molecule has 4 heterocycles. The summed E-state index contributed by atoms with van der Waals surface area (Å²) in [7, 11) is 5.63. The number of fused-ring (bicyclic) bond motifs is 2. The number of carbonyl (C=O) groups excluding carboxylic acids is 1. The summed E-state index contributed by atoms with van der Waals surface area (Å²) in [6.45, 7) is 3.11. The zero-order valence-corrected chi connectivity index (χ0v) is 23.3. The van der Waals surface area contributed by atoms with Gasteiger partial charge in [0.15, 0.2) is 17.4 Å². The number of halogens is 2. The molecule has 11 nitrogen and oxygen atoms in total. The number of benzene rings is 2. The first-order valence-corrected chi connectivity index (χ1v) is 13.2. The summed E-state index contributed by atoms with van der Waals surface area (Å²) in [6.07, 6.45) is 4.76. The number of ether oxygens (including phenoxy) is 1. The summed E-state index contributed by atoms with van der Waals surface area (Å²) in [5.41, 5.74) is 2.38. The maximum atomic E-state index is 15.2. The van der Waals surface area contributed by atoms with Crippen molar-refractivity contribution in [1.29, 1.82) is 0 Å². The molecule has 0 saturated carbocycles. The van der Waals surface area contributed by atoms with Crippen LogP contribution in [0.5, 0.6) is 11.5 Å². The highest BCUT2D eigenvalue weighted by atomic mass is 19.1. The van der Waals surface area contributed by atoms with E-state index in [2.05, 4.69) is 30.6 Å². The number of aromatic nitrogens is 6. The van der Waals surface area contributed by atoms with Crippen LogP contribution in [0.1, 0.15) is 6.92 Å². The number of anilines is 3. The van der Waals surface area contributed by atoms with Crippen LogP contribution < -0.4 is 15.0 Å². The second-order valence-corrected chi connectivity index (χ2v) is 10.4. The van der Waals surface area contributed by atoms with E-state index < -0.39 is 11.6 Å². The minimum atomic E-state index is -0.785. The van der Waals surface area contributed by atoms with Gasteiger partial charge in [0.2, 0.25) is 0 Å². The van der Waals surface area contributed by atoms with Crippen LogP contribution in [0, 0.1) is 17.6 Å². The number of likely N-dealkylation sites (N-methyl/N-ethyl adjacent to an activating group) is 1. The molecule has 5 aromatic rings. The van der Waals surface area contributed by atoms with Crippen molar-refractivity contribution in [2.24, 2.45) is 13.0 Å². The highest BCUT2D eigenvalue weighted by Crippen LogP contribution is 2.34. The first-order chi connectivity index (χ1) is 20.2. The van der Waals surface area contributed by atoms with Crippen molar-refractivity contribution in [1.82, 2.24) is 34.8 Å². The number of nitrogens with zero attached hydrogens (tertiary/aromatic N) is 8. The van der Waals surface area contributed by atoms with E-state index >= 15 is 8.78 Å². The second-order valence-electron chi connectivity index (χ2n) is 10.4. The van der Waals surface area contributed by atoms with Crippen molar-refractivity contribution in [3.63, 3.8) is 0 Å². The molecule has 0 bridgehead atoms. The summed E-state index contributed by atoms with van der Waals surface area (Å²) >= 11 is 0. The van der Waals surface area contributed by atoms with Crippen LogP contribution in [0.15, 0.2) is 60.6 Å². The van der Waals surface area contributed by atoms with Gasteiger partial charge in [-0.25, -0.2) is 28.4 Å². The molecule has 3 aromatic heterocycles. The fraction of sp³-hybridized carbons (Fsp3) is 0.241. The van der Waals surface area contributed by atoms with Crippen molar-refractivity contribution in [3.8, 4) is 11.5 Å². The molecular formula is C29H27F2N9O2. The summed E-state index contributed by atoms with van der Waals surface area (Å²) < 4.78 is 37.5. The lowest BCUT2D eigenvalue weighted by Gasteiger charge is -2.16. The standard InChI is InChI=1S/C29H27F2N9O2/c1-16-14-40(29(41)18(16)7-8-38(2)3)27-10-19-24(13-32-27)33-15-34-28(19)35-22-11-21(31)26(12-20(22)30)42-17-5-6-25-23(9-17)36-37-39(25)4/h5-7,9-13,15-16H,8,14H2,1-4H3,(H,33,34,35)/b18-7+/t16-/m1/s1. The van der Waals surface area contributed by atoms with Crippen LogP contribution in [0.2, 0.25) is 0 Å². The average Bonchev–Trinajstić information content (AvgIpc) is 3.47. The first-order valence-electron chi connectivity index (χ1n) is 13.2. The Kier molecular flexibility index (Phi) is 6.94. The number of nitrogens with one attached hydrogen (secondary N) is 1. The van der Waals surface area contributed by atoms with Crippen LogP contribution in [0.4, 0.5) is 26.1 Å². The van der Waals surface area contributed by atoms with Gasteiger partial charge in [0.05, 0.1) is 22.9 Å². The normalized spacial score (nSPS) is 16.4. The van der Waals surface area contributed by atoms with E-state index in [4.69, 9.17) is 4.74 Å². The zero-order chi connectivity index (χ0) is 29.5. The van der Waals surface area contributed by atoms with E-state index in [1.807, 2.05) is 32.0 Å². The van der Waals surface area contributed by atoms with Gasteiger partial charge in [0, 0.05) is 55.2 Å². The first kappa shape index (κ1) is 27.1. The summed E-state index contributed by atoms with van der Waals surface area (Å²) in [4.78, 5) is 29.7. The van der Waals surface area contributed by atoms with Gasteiger partial charge in [-0.1, -0.05) is 18.2 Å². The van der Waals surface area contributed by atoms with Crippen molar-refractivity contribution in [2.45, 2.75) is 6.92 Å². The Morgan fingerprint density at radius 1 is 1.10 bits per heavy atom. The quantitative estimate of drug-likeness (QED) is 0.280. The third-order valence-corrected chi connectivity index (χ3v) is 7.02. The lowest BCUT2D eigenvalue weighted by Crippen LogP contribution is -2.26. The highest BCUT2D eigenvalue weighted by Gasteiger charge is 2.34. The SMILES string of the molecule is C[C@@H]1CN(c2cc3c(Nc4cc(F)c(Oc5ccc6c(c5)nnn6C)cc4F)ncnc3cn2)C(=O)/C1=C/CN(C)C. The Hall–Kier alpha value is -5.04. The molecule has 214 valence electrons. The van der Waals surface area contributed by atoms with Gasteiger partial charge in [-0.2, -0.15) is 0 Å². The van der Waals surface area contributed by atoms with Gasteiger partial charge in [0.1, 0.15) is 29.2 Å². The van der Waals surface area contributed by atoms with Gasteiger partial charge in [-0.05, 0) is 32.3 Å². The number of aryl methyl sites for hydroxylation is 1. The molecule has 0 radical (unpaired) electrons. The fourth-order valence-corrected chi connectivity index (χ4v) is 4.83. The van der Waals surface area contributed by atoms with Crippen LogP contribution in [0.3, 0.4) is 0 Å². The number of carbonyl (C=O) groups is 1. The third kappa shape index (κ3) is 5.09. The Bertz CT molecular complexity index is 1870. The largest absolute Gasteiger partial charge is 0.454 e. The summed E-state index contributed by atoms with van der Waals surface area (Å²) in [5, 5.41) is 11.3. The molecule has 42 heavy (non-hydrogen) atoms. The predicted octanol–water partition coefficient (Wildman–Crippen LogP) is 4.59. The zero-order valence-electron chi connectivity index (χ0n) is 23.3. The Morgan fingerprint density at radius 3 is 2.74 bits per heavy atom. The lowest BCUT2D eigenvalue weighted by atomic mass is 10.0. The monoisotopic (exact) mass is 571 g/mol. The Balaban J connectivity index is 1.27. The smallest absolute Gasteiger partial charge is 0.255 e. The van der Waals surface area contributed by atoms with E-state index in [0.29, 0.717) is 35.3 Å². The molecule has 1 fully saturated rings. The number of hydrogen-bond donors (Lipinski definition) is 1. The molecule has 1 amide bonds. The van der Waals surface area contributed by atoms with Crippen LogP contribution in [0.25, 0.3) is 21.9 Å². The van der Waals surface area contributed by atoms with Gasteiger partial charge in [0.25, 0.3) is 5.91 Å². The molecule has 2 aromatic carbocycles. The van der Waals surface area contributed by atoms with E-state index in [1.165, 1.54) is 12.5 Å². The maximum Gasteiger partial charge on any atom is 0.255 e. The van der Waals surface area contributed by atoms with E-state index in [9.17, 15) is 4.79 Å². The summed E-state index contributed by atoms with van der Waals surface area (Å²) in [6, 6.07) is 8.58. The van der Waals surface area contributed by atoms with Gasteiger partial charge >= 0.3 is 0 Å². The van der Waals surface area contributed by atoms with E-state index in [0.717, 1.165) is 23.2 Å². The second kappa shape index (κ2) is 10.7. The molecule has 1 atom stereocenters. The van der Waals surface area contributed by atoms with E-state index in [1.54, 1.807) is 40.9 Å². The van der Waals surface area contributed by atoms with Crippen molar-refractivity contribution >= 4 is 45.2 Å². The molecule has 13 heteroatoms. The van der Waals surface area contributed by atoms with Crippen LogP contribution in [-0.2, 0) is 11.8 Å². The third-order valence-electron chi connectivity index (χ3n) is 7.02. The molecular weight excluding hydrogens is 544 g/mol. The number of hydrogen-bond acceptors (Lipinski definition) is 9. The maximum absolute atomic E-state index is 15.2. The van der Waals surface area contributed by atoms with Crippen molar-refractivity contribution < 1.29 is 18.3 Å². The number of rotatable bonds is 7. The van der Waals surface area contributed by atoms with Crippen LogP contribution >= 0.6 is 0 Å². The molecule has 0 spiro atoms. The lowest BCUT2D eigenvalue weighted by molar-refractivity contribution is -0.114. The van der Waals surface area contributed by atoms with Crippen LogP contribution in [-0.4, -0.2) is 67.9 Å². The number of pyridine rings is 1. The minimum absolute atomic E-state index is 0.0277. The minimum Gasteiger partial charge on any atom is -0.454 e. The molecule has 0 aliphatic carbocycles. The van der Waals surface area contributed by atoms with E-state index in [-0.39, 0.29) is 34.8 Å². The molecule has 1 aliphatic heterocycles. The Morgan fingerprint density at radius 2 is 1.93 bits per heavy atom. The Labute approximate surface area is 239 Å². The molecule has 1 N–H and O–H groups in total.